The number of nitro groups is 1. The molecule has 2 amide bonds. The molecule has 0 aromatic heterocycles. The molecular weight excluding hydrogens is 402 g/mol. The van der Waals surface area contributed by atoms with Crippen LogP contribution in [0.1, 0.15) is 15.9 Å². The standard InChI is InChI=1S/C18H13N3O5S2/c1-26-14-9-5-2-6-11(14)10-15-17(23)20(18(27)28-15)19-16(22)12-7-3-4-8-13(12)21(24)25/h2-10H,1H3,(H,19,22)/b15-10+. The Morgan fingerprint density at radius 3 is 2.64 bits per heavy atom. The van der Waals surface area contributed by atoms with Gasteiger partial charge in [0.25, 0.3) is 17.5 Å². The number of thiocarbonyl (C=S) groups is 1. The second kappa shape index (κ2) is 8.19. The predicted molar refractivity (Wildman–Crippen MR) is 109 cm³/mol. The van der Waals surface area contributed by atoms with Gasteiger partial charge in [-0.2, -0.15) is 5.01 Å². The number of nitrogens with zero attached hydrogens (tertiary/aromatic N) is 2. The Balaban J connectivity index is 1.84. The van der Waals surface area contributed by atoms with Gasteiger partial charge in [-0.05, 0) is 30.4 Å². The smallest absolute Gasteiger partial charge is 0.285 e. The van der Waals surface area contributed by atoms with Crippen molar-refractivity contribution in [3.63, 3.8) is 0 Å². The lowest BCUT2D eigenvalue weighted by Gasteiger charge is -2.15. The van der Waals surface area contributed by atoms with Crippen molar-refractivity contribution in [2.24, 2.45) is 0 Å². The summed E-state index contributed by atoms with van der Waals surface area (Å²) in [7, 11) is 1.52. The molecule has 0 radical (unpaired) electrons. The van der Waals surface area contributed by atoms with E-state index in [1.807, 2.05) is 0 Å². The van der Waals surface area contributed by atoms with Crippen molar-refractivity contribution < 1.29 is 19.2 Å². The zero-order valence-electron chi connectivity index (χ0n) is 14.4. The maximum Gasteiger partial charge on any atom is 0.285 e. The number of thioether (sulfide) groups is 1. The van der Waals surface area contributed by atoms with Crippen LogP contribution in [0.3, 0.4) is 0 Å². The molecule has 28 heavy (non-hydrogen) atoms. The maximum atomic E-state index is 12.7. The quantitative estimate of drug-likeness (QED) is 0.346. The van der Waals surface area contributed by atoms with E-state index in [2.05, 4.69) is 5.43 Å². The van der Waals surface area contributed by atoms with E-state index in [0.29, 0.717) is 11.3 Å². The Bertz CT molecular complexity index is 1020. The van der Waals surface area contributed by atoms with Crippen molar-refractivity contribution in [2.45, 2.75) is 0 Å². The molecule has 3 rings (SSSR count). The number of hydrazine groups is 1. The summed E-state index contributed by atoms with van der Waals surface area (Å²) in [6.07, 6.45) is 1.61. The predicted octanol–water partition coefficient (Wildman–Crippen LogP) is 3.15. The summed E-state index contributed by atoms with van der Waals surface area (Å²) >= 11 is 6.18. The lowest BCUT2D eigenvalue weighted by molar-refractivity contribution is -0.385. The molecule has 1 N–H and O–H groups in total. The molecule has 0 saturated carbocycles. The number of carbonyl (C=O) groups excluding carboxylic acids is 2. The minimum absolute atomic E-state index is 0.109. The molecule has 2 aromatic carbocycles. The number of methoxy groups -OCH3 is 1. The number of amides is 2. The van der Waals surface area contributed by atoms with Crippen LogP contribution in [0.5, 0.6) is 5.75 Å². The average molecular weight is 415 g/mol. The van der Waals surface area contributed by atoms with Crippen LogP contribution >= 0.6 is 24.0 Å². The number of carbonyl (C=O) groups is 2. The highest BCUT2D eigenvalue weighted by Gasteiger charge is 2.35. The highest BCUT2D eigenvalue weighted by Crippen LogP contribution is 2.33. The molecule has 1 aliphatic heterocycles. The van der Waals surface area contributed by atoms with Gasteiger partial charge >= 0.3 is 0 Å². The third-order valence-electron chi connectivity index (χ3n) is 3.78. The molecule has 142 valence electrons. The van der Waals surface area contributed by atoms with Crippen LogP contribution in [-0.2, 0) is 4.79 Å². The van der Waals surface area contributed by atoms with Gasteiger partial charge in [0.05, 0.1) is 16.9 Å². The zero-order chi connectivity index (χ0) is 20.3. The van der Waals surface area contributed by atoms with Gasteiger partial charge in [-0.3, -0.25) is 25.1 Å². The summed E-state index contributed by atoms with van der Waals surface area (Å²) in [6, 6.07) is 12.6. The Kier molecular flexibility index (Phi) is 5.71. The van der Waals surface area contributed by atoms with Crippen molar-refractivity contribution in [1.82, 2.24) is 10.4 Å². The monoisotopic (exact) mass is 415 g/mol. The minimum Gasteiger partial charge on any atom is -0.496 e. The fourth-order valence-electron chi connectivity index (χ4n) is 2.48. The van der Waals surface area contributed by atoms with Crippen LogP contribution in [0.15, 0.2) is 53.4 Å². The number of rotatable bonds is 5. The molecule has 0 spiro atoms. The van der Waals surface area contributed by atoms with Crippen LogP contribution in [-0.4, -0.2) is 33.2 Å². The summed E-state index contributed by atoms with van der Waals surface area (Å²) in [4.78, 5) is 35.9. The van der Waals surface area contributed by atoms with Gasteiger partial charge in [-0.25, -0.2) is 0 Å². The highest BCUT2D eigenvalue weighted by molar-refractivity contribution is 8.26. The van der Waals surface area contributed by atoms with Gasteiger partial charge in [0.1, 0.15) is 11.3 Å². The number of nitrogens with one attached hydrogen (secondary N) is 1. The van der Waals surface area contributed by atoms with Crippen molar-refractivity contribution in [3.05, 3.63) is 74.7 Å². The second-order valence-electron chi connectivity index (χ2n) is 5.47. The summed E-state index contributed by atoms with van der Waals surface area (Å²) in [5.74, 6) is -0.758. The number of ether oxygens (including phenoxy) is 1. The topological polar surface area (TPSA) is 102 Å². The summed E-state index contributed by atoms with van der Waals surface area (Å²) in [5.41, 5.74) is 2.48. The number of nitro benzene ring substituents is 1. The molecule has 0 atom stereocenters. The molecule has 1 fully saturated rings. The van der Waals surface area contributed by atoms with Crippen molar-refractivity contribution in [2.75, 3.05) is 7.11 Å². The lowest BCUT2D eigenvalue weighted by atomic mass is 10.1. The summed E-state index contributed by atoms with van der Waals surface area (Å²) in [6.45, 7) is 0. The molecular formula is C18H13N3O5S2. The molecule has 0 bridgehead atoms. The summed E-state index contributed by atoms with van der Waals surface area (Å²) in [5, 5.41) is 12.0. The van der Waals surface area contributed by atoms with Gasteiger partial charge in [-0.1, -0.05) is 42.1 Å². The second-order valence-corrected chi connectivity index (χ2v) is 7.15. The molecule has 10 heteroatoms. The lowest BCUT2D eigenvalue weighted by Crippen LogP contribution is -2.45. The van der Waals surface area contributed by atoms with E-state index in [4.69, 9.17) is 17.0 Å². The van der Waals surface area contributed by atoms with E-state index in [0.717, 1.165) is 16.8 Å². The first-order chi connectivity index (χ1) is 13.4. The average Bonchev–Trinajstić information content (AvgIpc) is 2.95. The van der Waals surface area contributed by atoms with Crippen LogP contribution in [0.4, 0.5) is 5.69 Å². The van der Waals surface area contributed by atoms with E-state index >= 15 is 0 Å². The van der Waals surface area contributed by atoms with E-state index in [1.54, 1.807) is 30.3 Å². The van der Waals surface area contributed by atoms with E-state index < -0.39 is 16.7 Å². The van der Waals surface area contributed by atoms with Gasteiger partial charge < -0.3 is 4.74 Å². The summed E-state index contributed by atoms with van der Waals surface area (Å²) < 4.78 is 5.37. The van der Waals surface area contributed by atoms with E-state index in [9.17, 15) is 19.7 Å². The molecule has 1 saturated heterocycles. The Hall–Kier alpha value is -3.24. The van der Waals surface area contributed by atoms with Crippen LogP contribution in [0.25, 0.3) is 6.08 Å². The molecule has 0 unspecified atom stereocenters. The molecule has 2 aromatic rings. The first kappa shape index (κ1) is 19.5. The van der Waals surface area contributed by atoms with Gasteiger partial charge in [0.15, 0.2) is 4.32 Å². The number of benzene rings is 2. The van der Waals surface area contributed by atoms with Gasteiger partial charge in [0.2, 0.25) is 0 Å². The fraction of sp³-hybridized carbons (Fsp3) is 0.0556. The largest absolute Gasteiger partial charge is 0.496 e. The van der Waals surface area contributed by atoms with E-state index in [-0.39, 0.29) is 20.5 Å². The van der Waals surface area contributed by atoms with Crippen molar-refractivity contribution in [3.8, 4) is 5.75 Å². The van der Waals surface area contributed by atoms with Crippen molar-refractivity contribution >= 4 is 51.9 Å². The van der Waals surface area contributed by atoms with Crippen LogP contribution < -0.4 is 10.2 Å². The van der Waals surface area contributed by atoms with Crippen LogP contribution in [0, 0.1) is 10.1 Å². The van der Waals surface area contributed by atoms with Crippen molar-refractivity contribution in [1.29, 1.82) is 0 Å². The molecule has 1 heterocycles. The normalized spacial score (nSPS) is 15.0. The Labute approximate surface area is 169 Å². The first-order valence-electron chi connectivity index (χ1n) is 7.87. The fourth-order valence-corrected chi connectivity index (χ4v) is 3.65. The highest BCUT2D eigenvalue weighted by atomic mass is 32.2. The Morgan fingerprint density at radius 2 is 1.93 bits per heavy atom. The maximum absolute atomic E-state index is 12.7. The van der Waals surface area contributed by atoms with Crippen LogP contribution in [0.2, 0.25) is 0 Å². The number of hydrogen-bond donors (Lipinski definition) is 1. The first-order valence-corrected chi connectivity index (χ1v) is 9.10. The SMILES string of the molecule is COc1ccccc1/C=C1/SC(=S)N(NC(=O)c2ccccc2[N+](=O)[O-])C1=O. The van der Waals surface area contributed by atoms with E-state index in [1.165, 1.54) is 31.4 Å². The third-order valence-corrected chi connectivity index (χ3v) is 5.08. The molecule has 8 nitrogen and oxygen atoms in total. The number of hydrogen-bond acceptors (Lipinski definition) is 7. The number of para-hydroxylation sites is 2. The zero-order valence-corrected chi connectivity index (χ0v) is 16.1. The molecule has 1 aliphatic rings. The molecule has 0 aliphatic carbocycles. The van der Waals surface area contributed by atoms with Gasteiger partial charge in [-0.15, -0.1) is 0 Å². The minimum atomic E-state index is -0.804. The van der Waals surface area contributed by atoms with Gasteiger partial charge in [0, 0.05) is 11.6 Å². The third kappa shape index (κ3) is 3.87. The Morgan fingerprint density at radius 1 is 1.25 bits per heavy atom.